The van der Waals surface area contributed by atoms with Gasteiger partial charge in [0.15, 0.2) is 0 Å². The maximum atomic E-state index is 12.5. The summed E-state index contributed by atoms with van der Waals surface area (Å²) >= 11 is 0. The molecule has 176 valence electrons. The van der Waals surface area contributed by atoms with Crippen molar-refractivity contribution in [1.82, 2.24) is 5.32 Å². The van der Waals surface area contributed by atoms with E-state index in [0.717, 1.165) is 11.1 Å². The Hall–Kier alpha value is -2.81. The molecule has 1 N–H and O–H groups in total. The van der Waals surface area contributed by atoms with Gasteiger partial charge in [-0.15, -0.1) is 0 Å². The zero-order chi connectivity index (χ0) is 24.5. The number of rotatable bonds is 5. The molecular weight excluding hydrogens is 436 g/mol. The fourth-order valence-electron chi connectivity index (χ4n) is 2.40. The van der Waals surface area contributed by atoms with Crippen molar-refractivity contribution in [3.63, 3.8) is 0 Å². The highest BCUT2D eigenvalue weighted by Crippen LogP contribution is 2.37. The number of methoxy groups -OCH3 is 1. The summed E-state index contributed by atoms with van der Waals surface area (Å²) in [7, 11) is 1.21. The number of carbonyl (C=O) groups excluding carboxylic acids is 1. The molecule has 0 saturated carbocycles. The molecule has 0 heterocycles. The van der Waals surface area contributed by atoms with Gasteiger partial charge in [-0.3, -0.25) is 4.79 Å². The predicted octanol–water partition coefficient (Wildman–Crippen LogP) is 6.70. The van der Waals surface area contributed by atoms with Crippen LogP contribution in [0.25, 0.3) is 0 Å². The van der Waals surface area contributed by atoms with Crippen LogP contribution in [0.4, 0.5) is 26.3 Å². The highest BCUT2D eigenvalue weighted by molar-refractivity contribution is 5.92. The molecule has 2 aromatic carbocycles. The molecule has 0 aliphatic carbocycles. The van der Waals surface area contributed by atoms with E-state index in [4.69, 9.17) is 4.74 Å². The topological polar surface area (TPSA) is 38.3 Å². The Bertz CT molecular complexity index is 873. The molecule has 32 heavy (non-hydrogen) atoms. The average Bonchev–Trinajstić information content (AvgIpc) is 2.75. The smallest absolute Gasteiger partial charge is 0.377 e. The van der Waals surface area contributed by atoms with Crippen molar-refractivity contribution in [3.05, 3.63) is 82.4 Å². The number of hydrogen-bond donors (Lipinski definition) is 1. The van der Waals surface area contributed by atoms with Crippen LogP contribution in [0.3, 0.4) is 0 Å². The Morgan fingerprint density at radius 1 is 1.00 bits per heavy atom. The van der Waals surface area contributed by atoms with Crippen LogP contribution in [0.1, 0.15) is 49.1 Å². The van der Waals surface area contributed by atoms with Crippen LogP contribution in [0, 0.1) is 0 Å². The predicted molar refractivity (Wildman–Crippen MR) is 110 cm³/mol. The molecule has 0 radical (unpaired) electrons. The van der Waals surface area contributed by atoms with Crippen molar-refractivity contribution >= 4 is 5.91 Å². The molecule has 3 nitrogen and oxygen atoms in total. The van der Waals surface area contributed by atoms with Gasteiger partial charge in [0.1, 0.15) is 0 Å². The standard InChI is InChI=1S/C12H15NO.C11H10F6O/c1-3-10(2)12(14)13-9-11-7-5-4-6-8-11;1-6(18-2)7-3-8(10(12,13)14)5-9(4-7)11(15,16)17/h3-8H,9H2,1-2H3,(H,13,14);3-6H,1-2H3/b10-3-;. The first-order valence-corrected chi connectivity index (χ1v) is 9.56. The summed E-state index contributed by atoms with van der Waals surface area (Å²) in [6.45, 7) is 5.62. The van der Waals surface area contributed by atoms with E-state index < -0.39 is 29.6 Å². The zero-order valence-corrected chi connectivity index (χ0v) is 18.1. The quantitative estimate of drug-likeness (QED) is 0.398. The molecule has 0 spiro atoms. The van der Waals surface area contributed by atoms with Crippen LogP contribution in [-0.2, 0) is 28.4 Å². The van der Waals surface area contributed by atoms with Crippen molar-refractivity contribution in [2.24, 2.45) is 0 Å². The molecule has 0 fully saturated rings. The summed E-state index contributed by atoms with van der Waals surface area (Å²) in [6, 6.07) is 11.3. The van der Waals surface area contributed by atoms with Crippen LogP contribution in [0.2, 0.25) is 0 Å². The Morgan fingerprint density at radius 3 is 1.91 bits per heavy atom. The third kappa shape index (κ3) is 8.74. The lowest BCUT2D eigenvalue weighted by Crippen LogP contribution is -2.23. The average molecular weight is 461 g/mol. The lowest BCUT2D eigenvalue weighted by atomic mass is 10.0. The Kier molecular flexibility index (Phi) is 9.96. The molecule has 0 aliphatic heterocycles. The van der Waals surface area contributed by atoms with E-state index in [1.165, 1.54) is 14.0 Å². The van der Waals surface area contributed by atoms with Crippen LogP contribution in [0.15, 0.2) is 60.2 Å². The second kappa shape index (κ2) is 11.7. The number of nitrogens with one attached hydrogen (secondary N) is 1. The summed E-state index contributed by atoms with van der Waals surface area (Å²) in [4.78, 5) is 11.4. The van der Waals surface area contributed by atoms with Crippen LogP contribution < -0.4 is 5.32 Å². The van der Waals surface area contributed by atoms with E-state index in [0.29, 0.717) is 18.7 Å². The van der Waals surface area contributed by atoms with Crippen LogP contribution >= 0.6 is 0 Å². The molecule has 2 rings (SSSR count). The molecule has 0 saturated heterocycles. The number of allylic oxidation sites excluding steroid dienone is 1. The number of carbonyl (C=O) groups is 1. The van der Waals surface area contributed by atoms with Gasteiger partial charge >= 0.3 is 12.4 Å². The minimum absolute atomic E-state index is 0.00338. The molecule has 0 aliphatic rings. The first kappa shape index (κ1) is 27.2. The molecule has 0 bridgehead atoms. The third-order valence-corrected chi connectivity index (χ3v) is 4.52. The van der Waals surface area contributed by atoms with Crippen molar-refractivity contribution in [3.8, 4) is 0 Å². The maximum absolute atomic E-state index is 12.5. The van der Waals surface area contributed by atoms with Gasteiger partial charge in [-0.05, 0) is 50.1 Å². The fourth-order valence-corrected chi connectivity index (χ4v) is 2.40. The number of alkyl halides is 6. The van der Waals surface area contributed by atoms with Gasteiger partial charge in [0.05, 0.1) is 17.2 Å². The number of amides is 1. The Morgan fingerprint density at radius 2 is 1.50 bits per heavy atom. The first-order valence-electron chi connectivity index (χ1n) is 9.56. The summed E-state index contributed by atoms with van der Waals surface area (Å²) in [5, 5.41) is 2.84. The van der Waals surface area contributed by atoms with Gasteiger partial charge in [0, 0.05) is 19.2 Å². The highest BCUT2D eigenvalue weighted by atomic mass is 19.4. The lowest BCUT2D eigenvalue weighted by Gasteiger charge is -2.17. The van der Waals surface area contributed by atoms with Gasteiger partial charge in [-0.1, -0.05) is 36.4 Å². The molecule has 1 atom stereocenters. The molecular formula is C23H25F6NO2. The van der Waals surface area contributed by atoms with Gasteiger partial charge in [0.25, 0.3) is 0 Å². The lowest BCUT2D eigenvalue weighted by molar-refractivity contribution is -0.143. The van der Waals surface area contributed by atoms with E-state index in [-0.39, 0.29) is 17.5 Å². The summed E-state index contributed by atoms with van der Waals surface area (Å²) < 4.78 is 79.7. The van der Waals surface area contributed by atoms with E-state index in [1.807, 2.05) is 37.3 Å². The van der Waals surface area contributed by atoms with E-state index >= 15 is 0 Å². The third-order valence-electron chi connectivity index (χ3n) is 4.52. The van der Waals surface area contributed by atoms with Crippen molar-refractivity contribution in [2.45, 2.75) is 45.8 Å². The highest BCUT2D eigenvalue weighted by Gasteiger charge is 2.37. The number of benzene rings is 2. The largest absolute Gasteiger partial charge is 0.416 e. The van der Waals surface area contributed by atoms with Crippen LogP contribution in [-0.4, -0.2) is 13.0 Å². The summed E-state index contributed by atoms with van der Waals surface area (Å²) in [5.41, 5.74) is -0.974. The molecule has 0 aromatic heterocycles. The minimum Gasteiger partial charge on any atom is -0.377 e. The van der Waals surface area contributed by atoms with Crippen molar-refractivity contribution < 1.29 is 35.9 Å². The van der Waals surface area contributed by atoms with E-state index in [1.54, 1.807) is 13.0 Å². The number of ether oxygens (including phenoxy) is 1. The van der Waals surface area contributed by atoms with Crippen molar-refractivity contribution in [1.29, 1.82) is 0 Å². The van der Waals surface area contributed by atoms with E-state index in [9.17, 15) is 31.1 Å². The number of hydrogen-bond acceptors (Lipinski definition) is 2. The van der Waals surface area contributed by atoms with Gasteiger partial charge in [0.2, 0.25) is 5.91 Å². The molecule has 1 amide bonds. The maximum Gasteiger partial charge on any atom is 0.416 e. The SMILES string of the molecule is C/C=C(/C)C(=O)NCc1ccccc1.COC(C)c1cc(C(F)(F)F)cc(C(F)(F)F)c1. The number of halogens is 6. The minimum atomic E-state index is -4.83. The molecule has 9 heteroatoms. The second-order valence-electron chi connectivity index (χ2n) is 6.86. The molecule has 2 aromatic rings. The Labute approximate surface area is 183 Å². The second-order valence-corrected chi connectivity index (χ2v) is 6.86. The fraction of sp³-hybridized carbons (Fsp3) is 0.348. The van der Waals surface area contributed by atoms with Gasteiger partial charge < -0.3 is 10.1 Å². The Balaban J connectivity index is 0.000000330. The summed E-state index contributed by atoms with van der Waals surface area (Å²) in [5.74, 6) is -0.00338. The zero-order valence-electron chi connectivity index (χ0n) is 18.1. The van der Waals surface area contributed by atoms with Gasteiger partial charge in [-0.25, -0.2) is 0 Å². The first-order chi connectivity index (χ1) is 14.8. The summed E-state index contributed by atoms with van der Waals surface area (Å²) in [6.07, 6.45) is -8.71. The normalized spacial score (nSPS) is 13.1. The van der Waals surface area contributed by atoms with Gasteiger partial charge in [-0.2, -0.15) is 26.3 Å². The van der Waals surface area contributed by atoms with Crippen molar-refractivity contribution in [2.75, 3.05) is 7.11 Å². The van der Waals surface area contributed by atoms with Crippen LogP contribution in [0.5, 0.6) is 0 Å². The monoisotopic (exact) mass is 461 g/mol. The molecule has 1 unspecified atom stereocenters. The van der Waals surface area contributed by atoms with E-state index in [2.05, 4.69) is 5.32 Å².